The van der Waals surface area contributed by atoms with Crippen LogP contribution in [0.25, 0.3) is 0 Å². The van der Waals surface area contributed by atoms with E-state index in [9.17, 15) is 9.59 Å². The maximum atomic E-state index is 12.6. The van der Waals surface area contributed by atoms with Crippen LogP contribution in [0.4, 0.5) is 0 Å². The first kappa shape index (κ1) is 22.3. The van der Waals surface area contributed by atoms with Crippen molar-refractivity contribution in [1.29, 1.82) is 0 Å². The molecule has 3 rings (SSSR count). The minimum atomic E-state index is 0.00764. The van der Waals surface area contributed by atoms with Gasteiger partial charge in [-0.05, 0) is 42.0 Å². The molecular weight excluding hydrogens is 406 g/mol. The molecule has 8 heteroatoms. The van der Waals surface area contributed by atoms with Crippen molar-refractivity contribution in [2.24, 2.45) is 0 Å². The van der Waals surface area contributed by atoms with Gasteiger partial charge in [0.2, 0.25) is 5.91 Å². The monoisotopic (exact) mass is 437 g/mol. The number of hydrogen-bond acceptors (Lipinski definition) is 6. The Morgan fingerprint density at radius 3 is 2.45 bits per heavy atom. The summed E-state index contributed by atoms with van der Waals surface area (Å²) in [4.78, 5) is 30.1. The molecule has 1 aromatic carbocycles. The minimum Gasteiger partial charge on any atom is -0.484 e. The summed E-state index contributed by atoms with van der Waals surface area (Å²) >= 11 is 4.00. The summed E-state index contributed by atoms with van der Waals surface area (Å²) in [6.07, 6.45) is 2.16. The van der Waals surface area contributed by atoms with Crippen LogP contribution in [0.1, 0.15) is 23.0 Å². The zero-order chi connectivity index (χ0) is 20.6. The number of thioether (sulfide) groups is 2. The Hall–Kier alpha value is -1.38. The molecule has 2 fully saturated rings. The van der Waals surface area contributed by atoms with Crippen LogP contribution >= 0.6 is 23.5 Å². The number of rotatable bonds is 6. The van der Waals surface area contributed by atoms with Crippen molar-refractivity contribution >= 4 is 35.3 Å². The second-order valence-corrected chi connectivity index (χ2v) is 10.3. The Balaban J connectivity index is 1.43. The van der Waals surface area contributed by atoms with Crippen LogP contribution in [-0.2, 0) is 9.59 Å². The molecule has 2 saturated heterocycles. The average Bonchev–Trinajstić information content (AvgIpc) is 2.98. The lowest BCUT2D eigenvalue weighted by molar-refractivity contribution is -0.133. The normalized spacial score (nSPS) is 18.9. The first-order valence-corrected chi connectivity index (χ1v) is 12.3. The molecule has 2 heterocycles. The highest BCUT2D eigenvalue weighted by Gasteiger charge is 2.21. The van der Waals surface area contributed by atoms with Crippen LogP contribution < -0.4 is 4.74 Å². The molecule has 1 aromatic rings. The van der Waals surface area contributed by atoms with Gasteiger partial charge < -0.3 is 14.5 Å². The maximum Gasteiger partial charge on any atom is 0.260 e. The Bertz CT molecular complexity index is 678. The molecule has 2 amide bonds. The third kappa shape index (κ3) is 6.83. The predicted molar refractivity (Wildman–Crippen MR) is 121 cm³/mol. The molecule has 0 saturated carbocycles. The quantitative estimate of drug-likeness (QED) is 0.682. The maximum absolute atomic E-state index is 12.6. The summed E-state index contributed by atoms with van der Waals surface area (Å²) < 4.78 is 6.26. The van der Waals surface area contributed by atoms with Gasteiger partial charge in [0.05, 0.1) is 11.1 Å². The van der Waals surface area contributed by atoms with Gasteiger partial charge in [0, 0.05) is 40.3 Å². The van der Waals surface area contributed by atoms with Gasteiger partial charge in [-0.2, -0.15) is 0 Å². The number of carbonyl (C=O) groups is 2. The van der Waals surface area contributed by atoms with Crippen LogP contribution in [0, 0.1) is 0 Å². The molecule has 6 nitrogen and oxygen atoms in total. The molecule has 2 aliphatic heterocycles. The fraction of sp³-hybridized carbons (Fsp3) is 0.619. The van der Waals surface area contributed by atoms with Gasteiger partial charge in [-0.3, -0.25) is 14.5 Å². The lowest BCUT2D eigenvalue weighted by atomic mass is 10.2. The van der Waals surface area contributed by atoms with E-state index in [1.807, 2.05) is 40.6 Å². The largest absolute Gasteiger partial charge is 0.484 e. The molecule has 0 radical (unpaired) electrons. The Morgan fingerprint density at radius 1 is 1.03 bits per heavy atom. The Morgan fingerprint density at radius 2 is 1.76 bits per heavy atom. The van der Waals surface area contributed by atoms with E-state index >= 15 is 0 Å². The number of likely N-dealkylation sites (N-methyl/N-ethyl adjacent to an activating group) is 1. The number of benzene rings is 1. The van der Waals surface area contributed by atoms with Crippen LogP contribution in [0.2, 0.25) is 0 Å². The highest BCUT2D eigenvalue weighted by Crippen LogP contribution is 2.43. The second kappa shape index (κ2) is 11.1. The Labute approximate surface area is 182 Å². The second-order valence-electron chi connectivity index (χ2n) is 7.58. The van der Waals surface area contributed by atoms with Gasteiger partial charge in [0.1, 0.15) is 5.75 Å². The summed E-state index contributed by atoms with van der Waals surface area (Å²) in [5, 5.41) is 0. The third-order valence-electron chi connectivity index (χ3n) is 5.14. The Kier molecular flexibility index (Phi) is 8.56. The molecule has 0 atom stereocenters. The van der Waals surface area contributed by atoms with E-state index in [1.165, 1.54) is 23.5 Å². The summed E-state index contributed by atoms with van der Waals surface area (Å²) in [7, 11) is 3.54. The van der Waals surface area contributed by atoms with Crippen molar-refractivity contribution in [1.82, 2.24) is 14.7 Å². The van der Waals surface area contributed by atoms with Gasteiger partial charge in [0.25, 0.3) is 5.91 Å². The number of hydrogen-bond donors (Lipinski definition) is 0. The zero-order valence-corrected chi connectivity index (χ0v) is 19.0. The highest BCUT2D eigenvalue weighted by atomic mass is 32.2. The van der Waals surface area contributed by atoms with Crippen molar-refractivity contribution in [2.75, 3.05) is 64.9 Å². The van der Waals surface area contributed by atoms with E-state index in [2.05, 4.69) is 17.0 Å². The molecular formula is C21H31N3O3S2. The summed E-state index contributed by atoms with van der Waals surface area (Å²) in [5.41, 5.74) is 1.32. The lowest BCUT2D eigenvalue weighted by Crippen LogP contribution is -2.40. The molecule has 0 unspecified atom stereocenters. The highest BCUT2D eigenvalue weighted by molar-refractivity contribution is 8.16. The first-order chi connectivity index (χ1) is 14.0. The fourth-order valence-corrected chi connectivity index (χ4v) is 6.24. The van der Waals surface area contributed by atoms with Crippen LogP contribution in [0.15, 0.2) is 24.3 Å². The van der Waals surface area contributed by atoms with Crippen molar-refractivity contribution < 1.29 is 14.3 Å². The summed E-state index contributed by atoms with van der Waals surface area (Å²) in [6, 6.07) is 8.16. The van der Waals surface area contributed by atoms with Crippen LogP contribution in [0.5, 0.6) is 5.75 Å². The topological polar surface area (TPSA) is 53.1 Å². The molecule has 2 aliphatic rings. The summed E-state index contributed by atoms with van der Waals surface area (Å²) in [6.45, 7) is 3.37. The molecule has 0 bridgehead atoms. The van der Waals surface area contributed by atoms with Gasteiger partial charge in [0.15, 0.2) is 6.61 Å². The first-order valence-electron chi connectivity index (χ1n) is 10.2. The minimum absolute atomic E-state index is 0.00764. The van der Waals surface area contributed by atoms with E-state index < -0.39 is 0 Å². The molecule has 0 aliphatic carbocycles. The summed E-state index contributed by atoms with van der Waals surface area (Å²) in [5.74, 6) is 3.29. The molecule has 29 heavy (non-hydrogen) atoms. The standard InChI is InChI=1S/C21H31N3O3S2/c1-22(2)19(25)15-23-9-3-10-24(12-11-23)20(26)16-27-18-7-5-17(6-8-18)21-28-13-4-14-29-21/h5-8,21H,3-4,9-16H2,1-2H3. The molecule has 0 spiro atoms. The van der Waals surface area contributed by atoms with Crippen molar-refractivity contribution in [2.45, 2.75) is 17.4 Å². The van der Waals surface area contributed by atoms with E-state index in [-0.39, 0.29) is 18.4 Å². The zero-order valence-electron chi connectivity index (χ0n) is 17.3. The van der Waals surface area contributed by atoms with Gasteiger partial charge in [-0.1, -0.05) is 12.1 Å². The SMILES string of the molecule is CN(C)C(=O)CN1CCCN(C(=O)COc2ccc(C3SCCCS3)cc2)CC1. The van der Waals surface area contributed by atoms with E-state index in [0.29, 0.717) is 24.2 Å². The van der Waals surface area contributed by atoms with Crippen molar-refractivity contribution in [3.63, 3.8) is 0 Å². The number of nitrogens with zero attached hydrogens (tertiary/aromatic N) is 3. The van der Waals surface area contributed by atoms with E-state index in [4.69, 9.17) is 4.74 Å². The number of ether oxygens (including phenoxy) is 1. The smallest absolute Gasteiger partial charge is 0.260 e. The number of carbonyl (C=O) groups excluding carboxylic acids is 2. The van der Waals surface area contributed by atoms with Crippen molar-refractivity contribution in [3.8, 4) is 5.75 Å². The van der Waals surface area contributed by atoms with Gasteiger partial charge >= 0.3 is 0 Å². The van der Waals surface area contributed by atoms with Crippen molar-refractivity contribution in [3.05, 3.63) is 29.8 Å². The molecule has 0 N–H and O–H groups in total. The van der Waals surface area contributed by atoms with E-state index in [1.54, 1.807) is 19.0 Å². The number of amides is 2. The predicted octanol–water partition coefficient (Wildman–Crippen LogP) is 2.56. The van der Waals surface area contributed by atoms with E-state index in [0.717, 1.165) is 25.3 Å². The molecule has 0 aromatic heterocycles. The third-order valence-corrected chi connectivity index (χ3v) is 8.16. The van der Waals surface area contributed by atoms with Crippen LogP contribution in [-0.4, -0.2) is 91.4 Å². The average molecular weight is 438 g/mol. The fourth-order valence-electron chi connectivity index (χ4n) is 3.35. The van der Waals surface area contributed by atoms with Gasteiger partial charge in [-0.25, -0.2) is 0 Å². The lowest BCUT2D eigenvalue weighted by Gasteiger charge is -2.23. The van der Waals surface area contributed by atoms with Gasteiger partial charge in [-0.15, -0.1) is 23.5 Å². The molecule has 160 valence electrons. The van der Waals surface area contributed by atoms with Crippen LogP contribution in [0.3, 0.4) is 0 Å².